The molecule has 0 saturated heterocycles. The first-order valence-electron chi connectivity index (χ1n) is 6.18. The molecule has 0 N–H and O–H groups in total. The molecule has 0 amide bonds. The fourth-order valence-corrected chi connectivity index (χ4v) is 1.55. The van der Waals surface area contributed by atoms with Crippen molar-refractivity contribution in [1.29, 1.82) is 0 Å². The van der Waals surface area contributed by atoms with Gasteiger partial charge < -0.3 is 4.74 Å². The van der Waals surface area contributed by atoms with Crippen LogP contribution in [-0.4, -0.2) is 18.4 Å². The Hall–Kier alpha value is -1.42. The first-order chi connectivity index (χ1) is 9.04. The summed E-state index contributed by atoms with van der Waals surface area (Å²) in [6.45, 7) is 2.37. The van der Waals surface area contributed by atoms with Crippen LogP contribution in [0.2, 0.25) is 5.02 Å². The molecule has 0 fully saturated rings. The smallest absolute Gasteiger partial charge is 0.306 e. The molecule has 19 heavy (non-hydrogen) atoms. The maximum absolute atomic E-state index is 13.2. The third-order valence-corrected chi connectivity index (χ3v) is 2.87. The number of carbonyl (C=O) groups is 2. The van der Waals surface area contributed by atoms with Gasteiger partial charge in [0.15, 0.2) is 5.78 Å². The largest absolute Gasteiger partial charge is 0.466 e. The molecule has 0 aromatic heterocycles. The van der Waals surface area contributed by atoms with E-state index >= 15 is 0 Å². The monoisotopic (exact) mass is 286 g/mol. The molecular formula is C14H16ClFO3. The van der Waals surface area contributed by atoms with Crippen molar-refractivity contribution in [3.8, 4) is 0 Å². The number of esters is 1. The molecule has 1 aromatic carbocycles. The fraction of sp³-hybridized carbons (Fsp3) is 0.429. The number of unbranched alkanes of at least 4 members (excludes halogenated alkanes) is 1. The Morgan fingerprint density at radius 1 is 1.32 bits per heavy atom. The molecule has 0 unspecified atom stereocenters. The van der Waals surface area contributed by atoms with Gasteiger partial charge in [-0.3, -0.25) is 9.59 Å². The van der Waals surface area contributed by atoms with E-state index in [4.69, 9.17) is 16.3 Å². The van der Waals surface area contributed by atoms with Gasteiger partial charge in [0, 0.05) is 12.0 Å². The standard InChI is InChI=1S/C14H16ClFO3/c1-2-3-8-19-14(18)7-6-13(17)10-4-5-11(15)12(16)9-10/h4-5,9H,2-3,6-8H2,1H3. The van der Waals surface area contributed by atoms with Crippen molar-refractivity contribution in [2.45, 2.75) is 32.6 Å². The normalized spacial score (nSPS) is 10.3. The van der Waals surface area contributed by atoms with Crippen molar-refractivity contribution in [3.63, 3.8) is 0 Å². The maximum Gasteiger partial charge on any atom is 0.306 e. The van der Waals surface area contributed by atoms with Crippen molar-refractivity contribution in [3.05, 3.63) is 34.6 Å². The van der Waals surface area contributed by atoms with Crippen LogP contribution in [0.1, 0.15) is 43.0 Å². The molecule has 0 radical (unpaired) electrons. The van der Waals surface area contributed by atoms with Gasteiger partial charge in [-0.1, -0.05) is 24.9 Å². The van der Waals surface area contributed by atoms with Crippen LogP contribution in [0.5, 0.6) is 0 Å². The SMILES string of the molecule is CCCCOC(=O)CCC(=O)c1ccc(Cl)c(F)c1. The first-order valence-corrected chi connectivity index (χ1v) is 6.56. The number of ether oxygens (including phenoxy) is 1. The summed E-state index contributed by atoms with van der Waals surface area (Å²) in [4.78, 5) is 23.0. The van der Waals surface area contributed by atoms with E-state index in [0.717, 1.165) is 18.9 Å². The van der Waals surface area contributed by atoms with E-state index in [1.54, 1.807) is 0 Å². The summed E-state index contributed by atoms with van der Waals surface area (Å²) in [5, 5.41) is -0.0319. The number of carbonyl (C=O) groups excluding carboxylic acids is 2. The summed E-state index contributed by atoms with van der Waals surface area (Å²) in [6.07, 6.45) is 1.76. The van der Waals surface area contributed by atoms with Crippen LogP contribution >= 0.6 is 11.6 Å². The number of hydrogen-bond acceptors (Lipinski definition) is 3. The molecule has 0 aliphatic heterocycles. The minimum absolute atomic E-state index is 0.00598. The molecule has 3 nitrogen and oxygen atoms in total. The molecule has 1 rings (SSSR count). The zero-order valence-corrected chi connectivity index (χ0v) is 11.5. The van der Waals surface area contributed by atoms with E-state index in [0.29, 0.717) is 6.61 Å². The minimum atomic E-state index is -0.641. The number of halogens is 2. The van der Waals surface area contributed by atoms with Crippen molar-refractivity contribution in [2.75, 3.05) is 6.61 Å². The van der Waals surface area contributed by atoms with Crippen LogP contribution < -0.4 is 0 Å². The highest BCUT2D eigenvalue weighted by Gasteiger charge is 2.12. The number of rotatable bonds is 7. The first kappa shape index (κ1) is 15.6. The second-order valence-corrected chi connectivity index (χ2v) is 4.53. The van der Waals surface area contributed by atoms with Crippen molar-refractivity contribution >= 4 is 23.4 Å². The van der Waals surface area contributed by atoms with Gasteiger partial charge in [0.1, 0.15) is 5.82 Å². The predicted molar refractivity (Wildman–Crippen MR) is 70.8 cm³/mol. The second-order valence-electron chi connectivity index (χ2n) is 4.13. The van der Waals surface area contributed by atoms with Crippen LogP contribution in [0.4, 0.5) is 4.39 Å². The third kappa shape index (κ3) is 5.39. The molecule has 0 saturated carbocycles. The molecule has 0 bridgehead atoms. The Balaban J connectivity index is 2.42. The summed E-state index contributed by atoms with van der Waals surface area (Å²) < 4.78 is 18.1. The van der Waals surface area contributed by atoms with Gasteiger partial charge >= 0.3 is 5.97 Å². The Bertz CT molecular complexity index is 460. The summed E-state index contributed by atoms with van der Waals surface area (Å²) in [7, 11) is 0. The predicted octanol–water partition coefficient (Wildman–Crippen LogP) is 3.79. The number of benzene rings is 1. The molecule has 5 heteroatoms. The fourth-order valence-electron chi connectivity index (χ4n) is 1.43. The van der Waals surface area contributed by atoms with Gasteiger partial charge in [0.25, 0.3) is 0 Å². The molecule has 0 atom stereocenters. The lowest BCUT2D eigenvalue weighted by Gasteiger charge is -2.04. The van der Waals surface area contributed by atoms with Gasteiger partial charge in [0.05, 0.1) is 18.1 Å². The third-order valence-electron chi connectivity index (χ3n) is 2.56. The van der Waals surface area contributed by atoms with Gasteiger partial charge in [0.2, 0.25) is 0 Å². The lowest BCUT2D eigenvalue weighted by Crippen LogP contribution is -2.09. The van der Waals surface area contributed by atoms with Gasteiger partial charge in [-0.05, 0) is 24.6 Å². The van der Waals surface area contributed by atoms with Crippen LogP contribution in [-0.2, 0) is 9.53 Å². The van der Waals surface area contributed by atoms with E-state index in [-0.39, 0.29) is 29.2 Å². The van der Waals surface area contributed by atoms with Gasteiger partial charge in [-0.15, -0.1) is 0 Å². The molecule has 0 spiro atoms. The summed E-state index contributed by atoms with van der Waals surface area (Å²) in [5.41, 5.74) is 0.211. The van der Waals surface area contributed by atoms with Crippen molar-refractivity contribution < 1.29 is 18.7 Å². The Morgan fingerprint density at radius 2 is 2.05 bits per heavy atom. The summed E-state index contributed by atoms with van der Waals surface area (Å²) >= 11 is 5.52. The Labute approximate surface area is 116 Å². The number of Topliss-reactive ketones (excluding diaryl/α,β-unsaturated/α-hetero) is 1. The molecule has 0 heterocycles. The average molecular weight is 287 g/mol. The van der Waals surface area contributed by atoms with E-state index in [2.05, 4.69) is 0 Å². The number of ketones is 1. The zero-order chi connectivity index (χ0) is 14.3. The maximum atomic E-state index is 13.2. The van der Waals surface area contributed by atoms with Gasteiger partial charge in [-0.2, -0.15) is 0 Å². The highest BCUT2D eigenvalue weighted by molar-refractivity contribution is 6.30. The minimum Gasteiger partial charge on any atom is -0.466 e. The molecule has 0 aliphatic rings. The highest BCUT2D eigenvalue weighted by atomic mass is 35.5. The number of hydrogen-bond donors (Lipinski definition) is 0. The average Bonchev–Trinajstić information content (AvgIpc) is 2.39. The van der Waals surface area contributed by atoms with E-state index in [9.17, 15) is 14.0 Å². The van der Waals surface area contributed by atoms with Crippen LogP contribution in [0.25, 0.3) is 0 Å². The van der Waals surface area contributed by atoms with Gasteiger partial charge in [-0.25, -0.2) is 4.39 Å². The second kappa shape index (κ2) is 7.89. The van der Waals surface area contributed by atoms with E-state index in [1.165, 1.54) is 12.1 Å². The topological polar surface area (TPSA) is 43.4 Å². The van der Waals surface area contributed by atoms with E-state index in [1.807, 2.05) is 6.92 Å². The molecular weight excluding hydrogens is 271 g/mol. The van der Waals surface area contributed by atoms with Crippen LogP contribution in [0.15, 0.2) is 18.2 Å². The molecule has 104 valence electrons. The quantitative estimate of drug-likeness (QED) is 0.435. The molecule has 1 aromatic rings. The summed E-state index contributed by atoms with van der Waals surface area (Å²) in [6, 6.07) is 3.84. The molecule has 0 aliphatic carbocycles. The highest BCUT2D eigenvalue weighted by Crippen LogP contribution is 2.17. The van der Waals surface area contributed by atoms with Crippen molar-refractivity contribution in [1.82, 2.24) is 0 Å². The zero-order valence-electron chi connectivity index (χ0n) is 10.7. The lowest BCUT2D eigenvalue weighted by molar-refractivity contribution is -0.143. The Morgan fingerprint density at radius 3 is 2.68 bits per heavy atom. The van der Waals surface area contributed by atoms with Crippen LogP contribution in [0, 0.1) is 5.82 Å². The van der Waals surface area contributed by atoms with Crippen LogP contribution in [0.3, 0.4) is 0 Å². The van der Waals surface area contributed by atoms with Crippen molar-refractivity contribution in [2.24, 2.45) is 0 Å². The van der Waals surface area contributed by atoms with E-state index < -0.39 is 11.8 Å². The Kier molecular flexibility index (Phi) is 6.50. The lowest BCUT2D eigenvalue weighted by atomic mass is 10.1. The summed E-state index contributed by atoms with van der Waals surface area (Å²) in [5.74, 6) is -1.35.